The van der Waals surface area contributed by atoms with E-state index in [-0.39, 0.29) is 6.04 Å². The van der Waals surface area contributed by atoms with Gasteiger partial charge in [-0.3, -0.25) is 9.67 Å². The molecule has 1 N–H and O–H groups in total. The van der Waals surface area contributed by atoms with Crippen LogP contribution in [0.25, 0.3) is 10.9 Å². The highest BCUT2D eigenvalue weighted by Gasteiger charge is 2.20. The van der Waals surface area contributed by atoms with E-state index in [9.17, 15) is 0 Å². The zero-order chi connectivity index (χ0) is 14.1. The van der Waals surface area contributed by atoms with Crippen molar-refractivity contribution in [2.75, 3.05) is 7.05 Å². The van der Waals surface area contributed by atoms with Crippen LogP contribution in [0.15, 0.2) is 42.6 Å². The van der Waals surface area contributed by atoms with Crippen molar-refractivity contribution < 1.29 is 0 Å². The lowest BCUT2D eigenvalue weighted by atomic mass is 10.1. The number of nitrogens with zero attached hydrogens (tertiary/aromatic N) is 3. The molecule has 0 amide bonds. The van der Waals surface area contributed by atoms with Crippen LogP contribution in [0.4, 0.5) is 0 Å². The molecule has 0 radical (unpaired) electrons. The normalized spacial score (nSPS) is 12.8. The summed E-state index contributed by atoms with van der Waals surface area (Å²) in [5, 5.41) is 9.22. The molecule has 0 bridgehead atoms. The fourth-order valence-electron chi connectivity index (χ4n) is 2.41. The van der Waals surface area contributed by atoms with Crippen molar-refractivity contribution in [3.8, 4) is 0 Å². The molecule has 0 fully saturated rings. The van der Waals surface area contributed by atoms with Gasteiger partial charge in [0.15, 0.2) is 0 Å². The number of para-hydroxylation sites is 1. The highest BCUT2D eigenvalue weighted by atomic mass is 35.5. The van der Waals surface area contributed by atoms with Crippen molar-refractivity contribution in [3.05, 3.63) is 59.0 Å². The van der Waals surface area contributed by atoms with Crippen molar-refractivity contribution in [1.29, 1.82) is 0 Å². The summed E-state index contributed by atoms with van der Waals surface area (Å²) in [6.45, 7) is 0. The van der Waals surface area contributed by atoms with Gasteiger partial charge in [-0.25, -0.2) is 0 Å². The van der Waals surface area contributed by atoms with Crippen LogP contribution in [-0.2, 0) is 7.05 Å². The highest BCUT2D eigenvalue weighted by molar-refractivity contribution is 6.31. The standard InChI is InChI=1S/C15H15ClN4/c1-17-14(15-11(16)9-18-20(15)2)13-8-7-10-5-3-4-6-12(10)19-13/h3-9,14,17H,1-2H3. The average molecular weight is 287 g/mol. The zero-order valence-electron chi connectivity index (χ0n) is 11.3. The Labute approximate surface area is 122 Å². The lowest BCUT2D eigenvalue weighted by Crippen LogP contribution is -2.22. The molecular weight excluding hydrogens is 272 g/mol. The first-order valence-electron chi connectivity index (χ1n) is 6.41. The minimum absolute atomic E-state index is 0.0837. The number of aromatic nitrogens is 3. The molecule has 0 saturated heterocycles. The molecule has 3 rings (SSSR count). The van der Waals surface area contributed by atoms with Crippen LogP contribution >= 0.6 is 11.6 Å². The third kappa shape index (κ3) is 2.17. The van der Waals surface area contributed by atoms with E-state index in [2.05, 4.69) is 22.5 Å². The summed E-state index contributed by atoms with van der Waals surface area (Å²) in [5.41, 5.74) is 2.82. The molecule has 0 aliphatic heterocycles. The van der Waals surface area contributed by atoms with Crippen LogP contribution in [0.1, 0.15) is 17.4 Å². The first-order chi connectivity index (χ1) is 9.70. The van der Waals surface area contributed by atoms with Crippen molar-refractivity contribution in [3.63, 3.8) is 0 Å². The number of aryl methyl sites for hydroxylation is 1. The fraction of sp³-hybridized carbons (Fsp3) is 0.200. The molecule has 3 aromatic rings. The first-order valence-corrected chi connectivity index (χ1v) is 6.79. The predicted octanol–water partition coefficient (Wildman–Crippen LogP) is 2.93. The summed E-state index contributed by atoms with van der Waals surface area (Å²) in [4.78, 5) is 4.72. The monoisotopic (exact) mass is 286 g/mol. The van der Waals surface area contributed by atoms with Crippen molar-refractivity contribution >= 4 is 22.5 Å². The van der Waals surface area contributed by atoms with E-state index >= 15 is 0 Å². The Balaban J connectivity index is 2.12. The summed E-state index contributed by atoms with van der Waals surface area (Å²) in [6, 6.07) is 12.1. The molecule has 0 aliphatic carbocycles. The second kappa shape index (κ2) is 5.23. The Morgan fingerprint density at radius 3 is 2.70 bits per heavy atom. The summed E-state index contributed by atoms with van der Waals surface area (Å²) in [7, 11) is 3.78. The number of fused-ring (bicyclic) bond motifs is 1. The van der Waals surface area contributed by atoms with Gasteiger partial charge < -0.3 is 5.32 Å². The van der Waals surface area contributed by atoms with Gasteiger partial charge in [0.05, 0.1) is 34.2 Å². The maximum absolute atomic E-state index is 6.24. The predicted molar refractivity (Wildman–Crippen MR) is 80.9 cm³/mol. The van der Waals surface area contributed by atoms with Gasteiger partial charge in [0.2, 0.25) is 0 Å². The summed E-state index contributed by atoms with van der Waals surface area (Å²) < 4.78 is 1.78. The first kappa shape index (κ1) is 13.1. The number of benzene rings is 1. The number of nitrogens with one attached hydrogen (secondary N) is 1. The van der Waals surface area contributed by atoms with Crippen molar-refractivity contribution in [2.45, 2.75) is 6.04 Å². The number of hydrogen-bond acceptors (Lipinski definition) is 3. The van der Waals surface area contributed by atoms with Gasteiger partial charge in [-0.15, -0.1) is 0 Å². The number of hydrogen-bond donors (Lipinski definition) is 1. The minimum atomic E-state index is -0.0837. The minimum Gasteiger partial charge on any atom is -0.307 e. The van der Waals surface area contributed by atoms with Gasteiger partial charge in [-0.2, -0.15) is 5.10 Å². The second-order valence-corrected chi connectivity index (χ2v) is 5.06. The summed E-state index contributed by atoms with van der Waals surface area (Å²) in [6.07, 6.45) is 1.66. The third-order valence-corrected chi connectivity index (χ3v) is 3.71. The van der Waals surface area contributed by atoms with Crippen molar-refractivity contribution in [1.82, 2.24) is 20.1 Å². The lowest BCUT2D eigenvalue weighted by Gasteiger charge is -2.17. The summed E-state index contributed by atoms with van der Waals surface area (Å²) in [5.74, 6) is 0. The van der Waals surface area contributed by atoms with Crippen LogP contribution in [0.2, 0.25) is 5.02 Å². The van der Waals surface area contributed by atoms with Crippen LogP contribution in [0.5, 0.6) is 0 Å². The topological polar surface area (TPSA) is 42.7 Å². The van der Waals surface area contributed by atoms with E-state index < -0.39 is 0 Å². The molecule has 4 nitrogen and oxygen atoms in total. The Morgan fingerprint density at radius 2 is 2.00 bits per heavy atom. The maximum atomic E-state index is 6.24. The van der Waals surface area contributed by atoms with Gasteiger partial charge >= 0.3 is 0 Å². The smallest absolute Gasteiger partial charge is 0.0934 e. The van der Waals surface area contributed by atoms with Gasteiger partial charge in [0.1, 0.15) is 0 Å². The Bertz CT molecular complexity index is 731. The molecule has 1 atom stereocenters. The third-order valence-electron chi connectivity index (χ3n) is 3.42. The molecule has 0 aliphatic rings. The molecule has 2 heterocycles. The maximum Gasteiger partial charge on any atom is 0.0934 e. The van der Waals surface area contributed by atoms with Crippen LogP contribution in [-0.4, -0.2) is 21.8 Å². The van der Waals surface area contributed by atoms with E-state index in [1.54, 1.807) is 10.9 Å². The average Bonchev–Trinajstić information content (AvgIpc) is 2.80. The van der Waals surface area contributed by atoms with Crippen molar-refractivity contribution in [2.24, 2.45) is 7.05 Å². The molecule has 20 heavy (non-hydrogen) atoms. The van der Waals surface area contributed by atoms with Crippen LogP contribution in [0.3, 0.4) is 0 Å². The molecular formula is C15H15ClN4. The fourth-order valence-corrected chi connectivity index (χ4v) is 2.69. The van der Waals surface area contributed by atoms with E-state index in [4.69, 9.17) is 16.6 Å². The number of rotatable bonds is 3. The Hall–Kier alpha value is -1.91. The highest BCUT2D eigenvalue weighted by Crippen LogP contribution is 2.27. The van der Waals surface area contributed by atoms with E-state index in [0.717, 1.165) is 22.3 Å². The lowest BCUT2D eigenvalue weighted by molar-refractivity contribution is 0.596. The van der Waals surface area contributed by atoms with Gasteiger partial charge in [-0.05, 0) is 19.2 Å². The number of halogens is 1. The molecule has 0 spiro atoms. The van der Waals surface area contributed by atoms with E-state index in [1.807, 2.05) is 38.4 Å². The largest absolute Gasteiger partial charge is 0.307 e. The molecule has 1 aromatic carbocycles. The second-order valence-electron chi connectivity index (χ2n) is 4.65. The number of pyridine rings is 1. The van der Waals surface area contributed by atoms with Gasteiger partial charge in [-0.1, -0.05) is 35.9 Å². The quantitative estimate of drug-likeness (QED) is 0.805. The molecule has 102 valence electrons. The molecule has 5 heteroatoms. The van der Waals surface area contributed by atoms with Gasteiger partial charge in [0.25, 0.3) is 0 Å². The van der Waals surface area contributed by atoms with Crippen LogP contribution in [0, 0.1) is 0 Å². The zero-order valence-corrected chi connectivity index (χ0v) is 12.1. The van der Waals surface area contributed by atoms with E-state index in [1.165, 1.54) is 0 Å². The van der Waals surface area contributed by atoms with E-state index in [0.29, 0.717) is 5.02 Å². The Kier molecular flexibility index (Phi) is 3.42. The SMILES string of the molecule is CNC(c1ccc2ccccc2n1)c1c(Cl)cnn1C. The molecule has 2 aromatic heterocycles. The Morgan fingerprint density at radius 1 is 1.20 bits per heavy atom. The molecule has 0 saturated carbocycles. The summed E-state index contributed by atoms with van der Waals surface area (Å²) >= 11 is 6.24. The van der Waals surface area contributed by atoms with Gasteiger partial charge in [0, 0.05) is 12.4 Å². The molecule has 1 unspecified atom stereocenters. The van der Waals surface area contributed by atoms with Crippen LogP contribution < -0.4 is 5.32 Å².